The lowest BCUT2D eigenvalue weighted by atomic mass is 9.66. The van der Waals surface area contributed by atoms with Gasteiger partial charge in [-0.3, -0.25) is 0 Å². The number of para-hydroxylation sites is 1. The molecule has 2 spiro atoms. The molecule has 0 fully saturated rings. The van der Waals surface area contributed by atoms with Gasteiger partial charge in [0.15, 0.2) is 0 Å². The van der Waals surface area contributed by atoms with Crippen LogP contribution < -0.4 is 9.64 Å². The average molecular weight is 920 g/mol. The van der Waals surface area contributed by atoms with Gasteiger partial charge in [0.05, 0.1) is 21.9 Å². The molecule has 4 aliphatic rings. The van der Waals surface area contributed by atoms with Crippen molar-refractivity contribution >= 4 is 39.0 Å². The highest BCUT2D eigenvalue weighted by Gasteiger charge is 2.52. The molecule has 1 aromatic heterocycles. The molecule has 3 nitrogen and oxygen atoms in total. The fourth-order valence-corrected chi connectivity index (χ4v) is 13.3. The van der Waals surface area contributed by atoms with E-state index in [4.69, 9.17) is 9.15 Å². The second-order valence-electron chi connectivity index (χ2n) is 19.5. The minimum Gasteiger partial charge on any atom is -0.457 e. The van der Waals surface area contributed by atoms with Crippen molar-refractivity contribution in [2.24, 2.45) is 0 Å². The van der Waals surface area contributed by atoms with Crippen molar-refractivity contribution < 1.29 is 9.15 Å². The van der Waals surface area contributed by atoms with Crippen LogP contribution in [-0.2, 0) is 10.8 Å². The van der Waals surface area contributed by atoms with Crippen LogP contribution in [0.15, 0.2) is 265 Å². The molecule has 0 bridgehead atoms. The number of ether oxygens (including phenoxy) is 1. The number of rotatable bonds is 6. The summed E-state index contributed by atoms with van der Waals surface area (Å²) >= 11 is 0. The van der Waals surface area contributed by atoms with Crippen molar-refractivity contribution in [1.82, 2.24) is 0 Å². The van der Waals surface area contributed by atoms with Gasteiger partial charge >= 0.3 is 0 Å². The summed E-state index contributed by atoms with van der Waals surface area (Å²) in [6.45, 7) is 6.24. The minimum absolute atomic E-state index is 0.396. The molecule has 0 N–H and O–H groups in total. The van der Waals surface area contributed by atoms with Crippen LogP contribution in [0.3, 0.4) is 0 Å². The lowest BCUT2D eigenvalue weighted by molar-refractivity contribution is 0.399. The van der Waals surface area contributed by atoms with Gasteiger partial charge in [0.25, 0.3) is 0 Å². The maximum atomic E-state index is 6.95. The molecule has 0 atom stereocenters. The van der Waals surface area contributed by atoms with E-state index >= 15 is 0 Å². The first kappa shape index (κ1) is 40.7. The van der Waals surface area contributed by atoms with Crippen molar-refractivity contribution in [3.8, 4) is 50.3 Å². The molecule has 0 amide bonds. The summed E-state index contributed by atoms with van der Waals surface area (Å²) in [5, 5.41) is 2.13. The van der Waals surface area contributed by atoms with E-state index in [1.165, 1.54) is 66.8 Å². The summed E-state index contributed by atoms with van der Waals surface area (Å²) in [7, 11) is 0. The predicted molar refractivity (Wildman–Crippen MR) is 295 cm³/mol. The van der Waals surface area contributed by atoms with Crippen molar-refractivity contribution in [3.63, 3.8) is 0 Å². The molecule has 2 heterocycles. The van der Waals surface area contributed by atoms with Gasteiger partial charge in [0.2, 0.25) is 0 Å². The van der Waals surface area contributed by atoms with Crippen molar-refractivity contribution in [3.05, 3.63) is 300 Å². The Bertz CT molecular complexity index is 4110. The van der Waals surface area contributed by atoms with E-state index in [0.29, 0.717) is 0 Å². The molecule has 15 rings (SSSR count). The first-order valence-corrected chi connectivity index (χ1v) is 24.9. The monoisotopic (exact) mass is 919 g/mol. The van der Waals surface area contributed by atoms with E-state index in [1.807, 2.05) is 18.2 Å². The van der Waals surface area contributed by atoms with Gasteiger partial charge in [-0.15, -0.1) is 0 Å². The van der Waals surface area contributed by atoms with E-state index < -0.39 is 10.8 Å². The predicted octanol–water partition coefficient (Wildman–Crippen LogP) is 17.8. The van der Waals surface area contributed by atoms with Crippen molar-refractivity contribution in [1.29, 1.82) is 0 Å². The van der Waals surface area contributed by atoms with Crippen LogP contribution in [-0.4, -0.2) is 0 Å². The Morgan fingerprint density at radius 1 is 0.431 bits per heavy atom. The molecular formula is C69H45NO2. The number of nitrogens with zero attached hydrogens (tertiary/aromatic N) is 1. The summed E-state index contributed by atoms with van der Waals surface area (Å²) < 4.78 is 13.5. The summed E-state index contributed by atoms with van der Waals surface area (Å²) in [6, 6.07) is 82.6. The first-order chi connectivity index (χ1) is 35.6. The lowest BCUT2D eigenvalue weighted by Crippen LogP contribution is -2.33. The highest BCUT2D eigenvalue weighted by molar-refractivity contribution is 6.13. The van der Waals surface area contributed by atoms with E-state index in [9.17, 15) is 0 Å². The largest absolute Gasteiger partial charge is 0.457 e. The number of allylic oxidation sites excluding steroid dienone is 4. The molecule has 11 aromatic rings. The normalized spacial score (nSPS) is 14.7. The SMILES string of the molecule is C=C/C=C\C1=C(C)C2(c3cc(N(c4cccc(-c5ccc6c(c5)-c5ccccc5C65c6ccccc6-c6ccccc65)c4)c4cccc5oc6ccccc6c45)ccc3O1)c1ccccc1-c1ccccc12. The second kappa shape index (κ2) is 15.2. The Kier molecular flexibility index (Phi) is 8.57. The van der Waals surface area contributed by atoms with Gasteiger partial charge in [-0.05, 0) is 151 Å². The van der Waals surface area contributed by atoms with Crippen LogP contribution in [0.1, 0.15) is 45.9 Å². The Morgan fingerprint density at radius 3 is 1.61 bits per heavy atom. The van der Waals surface area contributed by atoms with Crippen LogP contribution in [0.25, 0.3) is 66.4 Å². The number of anilines is 3. The molecule has 10 aromatic carbocycles. The lowest BCUT2D eigenvalue weighted by Gasteiger charge is -2.40. The third-order valence-electron chi connectivity index (χ3n) is 16.2. The Morgan fingerprint density at radius 2 is 0.958 bits per heavy atom. The topological polar surface area (TPSA) is 25.6 Å². The van der Waals surface area contributed by atoms with E-state index in [-0.39, 0.29) is 0 Å². The van der Waals surface area contributed by atoms with Gasteiger partial charge in [0.1, 0.15) is 22.7 Å². The quantitative estimate of drug-likeness (QED) is 0.155. The van der Waals surface area contributed by atoms with Gasteiger partial charge in [-0.1, -0.05) is 189 Å². The summed E-state index contributed by atoms with van der Waals surface area (Å²) in [5.41, 5.74) is 23.7. The zero-order valence-electron chi connectivity index (χ0n) is 39.6. The molecule has 3 heteroatoms. The molecule has 338 valence electrons. The van der Waals surface area contributed by atoms with Crippen LogP contribution in [0.4, 0.5) is 17.1 Å². The number of hydrogen-bond acceptors (Lipinski definition) is 3. The molecule has 3 aliphatic carbocycles. The maximum Gasteiger partial charge on any atom is 0.137 e. The summed E-state index contributed by atoms with van der Waals surface area (Å²) in [6.07, 6.45) is 5.83. The Labute approximate surface area is 418 Å². The second-order valence-corrected chi connectivity index (χ2v) is 19.5. The maximum absolute atomic E-state index is 6.95. The molecule has 1 aliphatic heterocycles. The standard InChI is InChI=1S/C69H45NO2/c1-3-4-33-63-43(2)68(55-27-11-5-21-48(55)49-22-6-12-28-56(49)68)61-42-47(37-39-65(61)71-63)70(62-32-18-35-66-67(62)53-26-10-16-34-64(53)72-66)46-20-17-19-44(40-46)45-36-38-60-54(41-45)52-25-9-15-31-59(52)69(60)57-29-13-7-23-50(57)51-24-8-14-30-58(51)69/h3-42H,1H2,2H3/b33-4-. The minimum atomic E-state index is -0.627. The molecule has 0 radical (unpaired) electrons. The fourth-order valence-electron chi connectivity index (χ4n) is 13.3. The molecule has 72 heavy (non-hydrogen) atoms. The van der Waals surface area contributed by atoms with E-state index in [1.54, 1.807) is 0 Å². The third kappa shape index (κ3) is 5.29. The average Bonchev–Trinajstić information content (AvgIpc) is 4.16. The molecule has 0 saturated carbocycles. The Balaban J connectivity index is 0.952. The third-order valence-corrected chi connectivity index (χ3v) is 16.2. The van der Waals surface area contributed by atoms with Gasteiger partial charge in [0, 0.05) is 22.3 Å². The van der Waals surface area contributed by atoms with Crippen LogP contribution >= 0.6 is 0 Å². The highest BCUT2D eigenvalue weighted by atomic mass is 16.5. The number of fused-ring (bicyclic) bond motifs is 20. The number of benzene rings is 10. The number of hydrogen-bond donors (Lipinski definition) is 0. The fraction of sp³-hybridized carbons (Fsp3) is 0.0435. The summed E-state index contributed by atoms with van der Waals surface area (Å²) in [5.74, 6) is 1.65. The number of furan rings is 1. The zero-order chi connectivity index (χ0) is 47.7. The summed E-state index contributed by atoms with van der Waals surface area (Å²) in [4.78, 5) is 2.42. The molecular weight excluding hydrogens is 875 g/mol. The van der Waals surface area contributed by atoms with Crippen LogP contribution in [0.5, 0.6) is 5.75 Å². The van der Waals surface area contributed by atoms with Gasteiger partial charge in [-0.25, -0.2) is 0 Å². The van der Waals surface area contributed by atoms with Crippen molar-refractivity contribution in [2.75, 3.05) is 4.90 Å². The zero-order valence-corrected chi connectivity index (χ0v) is 39.6. The van der Waals surface area contributed by atoms with Gasteiger partial charge in [-0.2, -0.15) is 0 Å². The highest BCUT2D eigenvalue weighted by Crippen LogP contribution is 2.64. The Hall–Kier alpha value is -9.18. The van der Waals surface area contributed by atoms with E-state index in [0.717, 1.165) is 72.8 Å². The smallest absolute Gasteiger partial charge is 0.137 e. The van der Waals surface area contributed by atoms with Gasteiger partial charge < -0.3 is 14.1 Å². The van der Waals surface area contributed by atoms with Crippen LogP contribution in [0, 0.1) is 0 Å². The molecule has 0 unspecified atom stereocenters. The molecule has 0 saturated heterocycles. The van der Waals surface area contributed by atoms with E-state index in [2.05, 4.69) is 243 Å². The van der Waals surface area contributed by atoms with Crippen LogP contribution in [0.2, 0.25) is 0 Å². The van der Waals surface area contributed by atoms with Crippen molar-refractivity contribution in [2.45, 2.75) is 17.8 Å². The first-order valence-electron chi connectivity index (χ1n) is 24.9.